The van der Waals surface area contributed by atoms with Gasteiger partial charge < -0.3 is 20.3 Å². The minimum Gasteiger partial charge on any atom is -0.492 e. The average Bonchev–Trinajstić information content (AvgIpc) is 3.14. The molecule has 138 valence electrons. The number of hydrogen-bond acceptors (Lipinski definition) is 5. The summed E-state index contributed by atoms with van der Waals surface area (Å²) < 4.78 is 5.54. The number of anilines is 3. The number of carbonyl (C=O) groups is 1. The van der Waals surface area contributed by atoms with E-state index in [-0.39, 0.29) is 6.03 Å². The zero-order valence-corrected chi connectivity index (χ0v) is 15.5. The van der Waals surface area contributed by atoms with Crippen LogP contribution in [0.15, 0.2) is 24.3 Å². The molecule has 0 spiro atoms. The Balaban J connectivity index is 1.73. The van der Waals surface area contributed by atoms with Gasteiger partial charge in [0.2, 0.25) is 5.95 Å². The molecule has 1 aromatic carbocycles. The normalized spacial score (nSPS) is 13.6. The number of nitrogens with zero attached hydrogens (tertiary/aromatic N) is 3. The smallest absolute Gasteiger partial charge is 0.323 e. The third kappa shape index (κ3) is 4.04. The van der Waals surface area contributed by atoms with Crippen molar-refractivity contribution in [3.63, 3.8) is 0 Å². The number of aryl methyl sites for hydroxylation is 2. The van der Waals surface area contributed by atoms with E-state index < -0.39 is 0 Å². The number of carbonyl (C=O) groups excluding carboxylic acids is 1. The van der Waals surface area contributed by atoms with Crippen molar-refractivity contribution >= 4 is 23.4 Å². The average molecular weight is 355 g/mol. The van der Waals surface area contributed by atoms with Gasteiger partial charge in [-0.15, -0.1) is 0 Å². The second-order valence-corrected chi connectivity index (χ2v) is 6.27. The summed E-state index contributed by atoms with van der Waals surface area (Å²) in [5.41, 5.74) is 2.77. The molecule has 2 aromatic rings. The molecule has 0 unspecified atom stereocenters. The van der Waals surface area contributed by atoms with Gasteiger partial charge in [-0.25, -0.2) is 14.8 Å². The van der Waals surface area contributed by atoms with Gasteiger partial charge in [0.1, 0.15) is 5.75 Å². The molecule has 2 amide bonds. The van der Waals surface area contributed by atoms with E-state index in [4.69, 9.17) is 4.74 Å². The maximum Gasteiger partial charge on any atom is 0.323 e. The second kappa shape index (κ2) is 8.03. The highest BCUT2D eigenvalue weighted by Crippen LogP contribution is 2.25. The molecule has 0 saturated carbocycles. The molecule has 1 aliphatic rings. The van der Waals surface area contributed by atoms with Crippen LogP contribution in [0.25, 0.3) is 0 Å². The quantitative estimate of drug-likeness (QED) is 0.854. The number of ether oxygens (including phenoxy) is 1. The Labute approximate surface area is 153 Å². The van der Waals surface area contributed by atoms with Crippen LogP contribution in [0.3, 0.4) is 0 Å². The molecular formula is C19H25N5O2. The lowest BCUT2D eigenvalue weighted by atomic mass is 10.2. The lowest BCUT2D eigenvalue weighted by molar-refractivity contribution is 0.262. The number of nitrogens with one attached hydrogen (secondary N) is 2. The standard InChI is InChI=1S/C19H25N5O2/c1-4-26-16-10-6-5-9-15(16)22-19(25)23-17-13(2)20-18(21-14(17)3)24-11-7-8-12-24/h5-6,9-10H,4,7-8,11-12H2,1-3H3,(H2,22,23,25). The Morgan fingerprint density at radius 1 is 1.12 bits per heavy atom. The third-order valence-corrected chi connectivity index (χ3v) is 4.32. The molecule has 7 heteroatoms. The molecule has 1 aromatic heterocycles. The zero-order chi connectivity index (χ0) is 18.5. The Kier molecular flexibility index (Phi) is 5.55. The fourth-order valence-corrected chi connectivity index (χ4v) is 3.06. The van der Waals surface area contributed by atoms with Crippen LogP contribution in [0.4, 0.5) is 22.1 Å². The number of para-hydroxylation sites is 2. The minimum atomic E-state index is -0.346. The molecule has 1 fully saturated rings. The molecule has 2 heterocycles. The number of amides is 2. The Morgan fingerprint density at radius 3 is 2.42 bits per heavy atom. The molecule has 0 aliphatic carbocycles. The van der Waals surface area contributed by atoms with Gasteiger partial charge in [-0.05, 0) is 45.7 Å². The van der Waals surface area contributed by atoms with Gasteiger partial charge in [0.05, 0.1) is 29.4 Å². The minimum absolute atomic E-state index is 0.346. The molecule has 0 atom stereocenters. The van der Waals surface area contributed by atoms with Gasteiger partial charge >= 0.3 is 6.03 Å². The number of aromatic nitrogens is 2. The number of rotatable bonds is 5. The lowest BCUT2D eigenvalue weighted by Gasteiger charge is -2.19. The molecule has 3 rings (SSSR count). The van der Waals surface area contributed by atoms with Crippen molar-refractivity contribution in [1.82, 2.24) is 9.97 Å². The SMILES string of the molecule is CCOc1ccccc1NC(=O)Nc1c(C)nc(N2CCCC2)nc1C. The fourth-order valence-electron chi connectivity index (χ4n) is 3.06. The second-order valence-electron chi connectivity index (χ2n) is 6.27. The summed E-state index contributed by atoms with van der Waals surface area (Å²) in [5.74, 6) is 1.38. The van der Waals surface area contributed by atoms with E-state index >= 15 is 0 Å². The predicted molar refractivity (Wildman–Crippen MR) is 103 cm³/mol. The first kappa shape index (κ1) is 18.0. The highest BCUT2D eigenvalue weighted by Gasteiger charge is 2.18. The fraction of sp³-hybridized carbons (Fsp3) is 0.421. The van der Waals surface area contributed by atoms with Crippen LogP contribution < -0.4 is 20.3 Å². The van der Waals surface area contributed by atoms with E-state index in [1.807, 2.05) is 39.0 Å². The van der Waals surface area contributed by atoms with Crippen molar-refractivity contribution in [2.24, 2.45) is 0 Å². The van der Waals surface area contributed by atoms with Crippen LogP contribution >= 0.6 is 0 Å². The Hall–Kier alpha value is -2.83. The Morgan fingerprint density at radius 2 is 1.77 bits per heavy atom. The highest BCUT2D eigenvalue weighted by atomic mass is 16.5. The molecule has 0 radical (unpaired) electrons. The first-order chi connectivity index (χ1) is 12.6. The van der Waals surface area contributed by atoms with E-state index in [0.717, 1.165) is 30.4 Å². The van der Waals surface area contributed by atoms with Crippen LogP contribution in [0, 0.1) is 13.8 Å². The van der Waals surface area contributed by atoms with Gasteiger partial charge in [0, 0.05) is 13.1 Å². The summed E-state index contributed by atoms with van der Waals surface area (Å²) in [7, 11) is 0. The van der Waals surface area contributed by atoms with Crippen molar-refractivity contribution < 1.29 is 9.53 Å². The highest BCUT2D eigenvalue weighted by molar-refractivity contribution is 6.01. The summed E-state index contributed by atoms with van der Waals surface area (Å²) >= 11 is 0. The summed E-state index contributed by atoms with van der Waals surface area (Å²) in [6.45, 7) is 8.18. The first-order valence-corrected chi connectivity index (χ1v) is 8.98. The molecule has 26 heavy (non-hydrogen) atoms. The van der Waals surface area contributed by atoms with Gasteiger partial charge in [-0.2, -0.15) is 0 Å². The molecular weight excluding hydrogens is 330 g/mol. The van der Waals surface area contributed by atoms with Crippen LogP contribution in [-0.2, 0) is 0 Å². The largest absolute Gasteiger partial charge is 0.492 e. The first-order valence-electron chi connectivity index (χ1n) is 8.98. The molecule has 1 aliphatic heterocycles. The van der Waals surface area contributed by atoms with E-state index in [0.29, 0.717) is 23.7 Å². The van der Waals surface area contributed by atoms with E-state index in [2.05, 4.69) is 25.5 Å². The van der Waals surface area contributed by atoms with Crippen LogP contribution in [0.2, 0.25) is 0 Å². The van der Waals surface area contributed by atoms with Gasteiger partial charge in [0.15, 0.2) is 0 Å². The van der Waals surface area contributed by atoms with E-state index in [9.17, 15) is 4.79 Å². The number of urea groups is 1. The summed E-state index contributed by atoms with van der Waals surface area (Å²) in [4.78, 5) is 23.8. The van der Waals surface area contributed by atoms with Crippen LogP contribution in [0.5, 0.6) is 5.75 Å². The topological polar surface area (TPSA) is 79.4 Å². The van der Waals surface area contributed by atoms with Crippen molar-refractivity contribution in [3.05, 3.63) is 35.7 Å². The van der Waals surface area contributed by atoms with Gasteiger partial charge in [0.25, 0.3) is 0 Å². The molecule has 0 bridgehead atoms. The number of hydrogen-bond donors (Lipinski definition) is 2. The van der Waals surface area contributed by atoms with Crippen molar-refractivity contribution in [3.8, 4) is 5.75 Å². The van der Waals surface area contributed by atoms with E-state index in [1.165, 1.54) is 12.8 Å². The van der Waals surface area contributed by atoms with Crippen LogP contribution in [0.1, 0.15) is 31.2 Å². The van der Waals surface area contributed by atoms with Crippen LogP contribution in [-0.4, -0.2) is 35.7 Å². The summed E-state index contributed by atoms with van der Waals surface area (Å²) in [6.07, 6.45) is 2.34. The maximum absolute atomic E-state index is 12.4. The Bertz CT molecular complexity index is 764. The predicted octanol–water partition coefficient (Wildman–Crippen LogP) is 3.74. The number of benzene rings is 1. The van der Waals surface area contributed by atoms with Crippen molar-refractivity contribution in [2.45, 2.75) is 33.6 Å². The van der Waals surface area contributed by atoms with Crippen molar-refractivity contribution in [2.75, 3.05) is 35.2 Å². The molecule has 7 nitrogen and oxygen atoms in total. The van der Waals surface area contributed by atoms with Gasteiger partial charge in [-0.1, -0.05) is 12.1 Å². The van der Waals surface area contributed by atoms with E-state index in [1.54, 1.807) is 6.07 Å². The summed E-state index contributed by atoms with van der Waals surface area (Å²) in [5, 5.41) is 5.69. The lowest BCUT2D eigenvalue weighted by Crippen LogP contribution is -2.24. The maximum atomic E-state index is 12.4. The van der Waals surface area contributed by atoms with Crippen molar-refractivity contribution in [1.29, 1.82) is 0 Å². The zero-order valence-electron chi connectivity index (χ0n) is 15.5. The summed E-state index contributed by atoms with van der Waals surface area (Å²) in [6, 6.07) is 7.00. The molecule has 1 saturated heterocycles. The molecule has 2 N–H and O–H groups in total. The third-order valence-electron chi connectivity index (χ3n) is 4.32. The van der Waals surface area contributed by atoms with Gasteiger partial charge in [-0.3, -0.25) is 0 Å². The monoisotopic (exact) mass is 355 g/mol.